The molecule has 1 atom stereocenters. The van der Waals surface area contributed by atoms with Gasteiger partial charge in [0, 0.05) is 5.56 Å². The number of benzene rings is 3. The van der Waals surface area contributed by atoms with Crippen molar-refractivity contribution in [3.63, 3.8) is 0 Å². The number of hydrazone groups is 1. The van der Waals surface area contributed by atoms with E-state index in [9.17, 15) is 14.9 Å². The first kappa shape index (κ1) is 26.4. The third-order valence-corrected chi connectivity index (χ3v) is 5.66. The van der Waals surface area contributed by atoms with Gasteiger partial charge < -0.3 is 14.8 Å². The highest BCUT2D eigenvalue weighted by Crippen LogP contribution is 2.26. The number of hydrogen-bond acceptors (Lipinski definition) is 6. The van der Waals surface area contributed by atoms with Crippen LogP contribution in [-0.4, -0.2) is 24.8 Å². The Kier molecular flexibility index (Phi) is 10.0. The fraction of sp³-hybridized carbons (Fsp3) is 0.185. The van der Waals surface area contributed by atoms with Crippen LogP contribution in [-0.2, 0) is 16.1 Å². The summed E-state index contributed by atoms with van der Waals surface area (Å²) in [7, 11) is 0. The normalized spacial score (nSPS) is 11.4. The minimum Gasteiger partial charge on any atom is -0.488 e. The lowest BCUT2D eigenvalue weighted by molar-refractivity contribution is -0.121. The Morgan fingerprint density at radius 3 is 2.58 bits per heavy atom. The summed E-state index contributed by atoms with van der Waals surface area (Å²) in [6.45, 7) is 2.20. The number of halogens is 1. The monoisotopic (exact) mass is 548 g/mol. The maximum Gasteiger partial charge on any atom is 0.407 e. The summed E-state index contributed by atoms with van der Waals surface area (Å²) in [5, 5.41) is 15.9. The Morgan fingerprint density at radius 1 is 1.11 bits per heavy atom. The number of nitrogens with zero attached hydrogens (tertiary/aromatic N) is 2. The molecule has 8 nitrogen and oxygen atoms in total. The maximum atomic E-state index is 12.5. The van der Waals surface area contributed by atoms with Gasteiger partial charge in [0.1, 0.15) is 12.4 Å². The second kappa shape index (κ2) is 13.7. The van der Waals surface area contributed by atoms with Crippen LogP contribution in [0.3, 0.4) is 0 Å². The van der Waals surface area contributed by atoms with Crippen molar-refractivity contribution in [3.05, 3.63) is 99.5 Å². The smallest absolute Gasteiger partial charge is 0.407 e. The van der Waals surface area contributed by atoms with E-state index in [0.29, 0.717) is 15.8 Å². The minimum absolute atomic E-state index is 0.0131. The number of nitriles is 1. The Bertz CT molecular complexity index is 1260. The molecule has 2 amide bonds. The number of alkyl carbamates (subject to hydrolysis) is 1. The van der Waals surface area contributed by atoms with E-state index in [1.807, 2.05) is 48.5 Å². The topological polar surface area (TPSA) is 113 Å². The third-order valence-electron chi connectivity index (χ3n) is 5.04. The number of amides is 2. The summed E-state index contributed by atoms with van der Waals surface area (Å²) in [6.07, 6.45) is 0.903. The zero-order valence-electron chi connectivity index (χ0n) is 19.6. The first-order valence-electron chi connectivity index (χ1n) is 11.2. The van der Waals surface area contributed by atoms with Crippen LogP contribution in [0.1, 0.15) is 41.6 Å². The van der Waals surface area contributed by atoms with Crippen LogP contribution in [0.5, 0.6) is 5.75 Å². The van der Waals surface area contributed by atoms with Crippen LogP contribution in [0.4, 0.5) is 4.79 Å². The molecule has 9 heteroatoms. The number of hydrogen-bond donors (Lipinski definition) is 2. The molecule has 0 fully saturated rings. The highest BCUT2D eigenvalue weighted by molar-refractivity contribution is 9.10. The van der Waals surface area contributed by atoms with E-state index >= 15 is 0 Å². The fourth-order valence-electron chi connectivity index (χ4n) is 3.29. The minimum atomic E-state index is -0.592. The summed E-state index contributed by atoms with van der Waals surface area (Å²) in [4.78, 5) is 24.4. The molecule has 0 bridgehead atoms. The summed E-state index contributed by atoms with van der Waals surface area (Å²) < 4.78 is 11.5. The van der Waals surface area contributed by atoms with Gasteiger partial charge in [-0.1, -0.05) is 48.5 Å². The molecule has 0 saturated carbocycles. The Labute approximate surface area is 218 Å². The van der Waals surface area contributed by atoms with Crippen molar-refractivity contribution in [1.82, 2.24) is 10.7 Å². The maximum absolute atomic E-state index is 12.5. The van der Waals surface area contributed by atoms with E-state index in [0.717, 1.165) is 16.7 Å². The first-order chi connectivity index (χ1) is 17.5. The van der Waals surface area contributed by atoms with Gasteiger partial charge in [-0.15, -0.1) is 0 Å². The van der Waals surface area contributed by atoms with E-state index < -0.39 is 12.1 Å². The summed E-state index contributed by atoms with van der Waals surface area (Å²) in [5.74, 6) is 0.242. The molecule has 3 rings (SSSR count). The molecule has 0 aliphatic carbocycles. The highest BCUT2D eigenvalue weighted by Gasteiger charge is 2.18. The standard InChI is InChI=1S/C27H25BrN4O4/c1-2-35-27(34)31-24(20-8-4-3-5-9-20)15-26(33)32-30-17-19-12-13-25(23(28)14-19)36-18-22-11-7-6-10-21(22)16-29/h3-14,17,24H,2,15,18H2,1H3,(H,31,34)(H,32,33)/b30-17-/t24-/m1/s1. The van der Waals surface area contributed by atoms with Crippen LogP contribution in [0, 0.1) is 11.3 Å². The van der Waals surface area contributed by atoms with Gasteiger partial charge in [-0.2, -0.15) is 10.4 Å². The van der Waals surface area contributed by atoms with Gasteiger partial charge in [0.05, 0.1) is 41.4 Å². The predicted octanol–water partition coefficient (Wildman–Crippen LogP) is 5.23. The van der Waals surface area contributed by atoms with Crippen molar-refractivity contribution in [2.75, 3.05) is 6.61 Å². The van der Waals surface area contributed by atoms with Gasteiger partial charge in [0.2, 0.25) is 5.91 Å². The predicted molar refractivity (Wildman–Crippen MR) is 139 cm³/mol. The molecule has 36 heavy (non-hydrogen) atoms. The van der Waals surface area contributed by atoms with Crippen molar-refractivity contribution in [3.8, 4) is 11.8 Å². The van der Waals surface area contributed by atoms with E-state index in [1.165, 1.54) is 6.21 Å². The average Bonchev–Trinajstić information content (AvgIpc) is 2.88. The average molecular weight is 549 g/mol. The summed E-state index contributed by atoms with van der Waals surface area (Å²) in [6, 6.07) is 23.4. The fourth-order valence-corrected chi connectivity index (χ4v) is 3.80. The van der Waals surface area contributed by atoms with Crippen molar-refractivity contribution in [2.45, 2.75) is 26.0 Å². The second-order valence-electron chi connectivity index (χ2n) is 7.57. The van der Waals surface area contributed by atoms with Gasteiger partial charge >= 0.3 is 6.09 Å². The van der Waals surface area contributed by atoms with Crippen molar-refractivity contribution < 1.29 is 19.1 Å². The van der Waals surface area contributed by atoms with E-state index in [4.69, 9.17) is 9.47 Å². The van der Waals surface area contributed by atoms with Gasteiger partial charge in [0.25, 0.3) is 0 Å². The summed E-state index contributed by atoms with van der Waals surface area (Å²) in [5.41, 5.74) is 5.37. The van der Waals surface area contributed by atoms with Crippen LogP contribution in [0.15, 0.2) is 82.4 Å². The molecule has 0 unspecified atom stereocenters. The quantitative estimate of drug-likeness (QED) is 0.266. The lowest BCUT2D eigenvalue weighted by Crippen LogP contribution is -2.33. The molecule has 0 aliphatic heterocycles. The van der Waals surface area contributed by atoms with E-state index in [-0.39, 0.29) is 25.5 Å². The third kappa shape index (κ3) is 7.96. The first-order valence-corrected chi connectivity index (χ1v) is 12.0. The molecule has 2 N–H and O–H groups in total. The lowest BCUT2D eigenvalue weighted by Gasteiger charge is -2.18. The molecule has 0 radical (unpaired) electrons. The molecule has 3 aromatic carbocycles. The Hall–Kier alpha value is -4.16. The molecule has 0 aromatic heterocycles. The van der Waals surface area contributed by atoms with Gasteiger partial charge in [-0.3, -0.25) is 4.79 Å². The number of ether oxygens (including phenoxy) is 2. The second-order valence-corrected chi connectivity index (χ2v) is 8.43. The number of carbonyl (C=O) groups excluding carboxylic acids is 2. The lowest BCUT2D eigenvalue weighted by atomic mass is 10.0. The van der Waals surface area contributed by atoms with Crippen LogP contribution < -0.4 is 15.5 Å². The van der Waals surface area contributed by atoms with Gasteiger partial charge in [-0.05, 0) is 58.2 Å². The zero-order chi connectivity index (χ0) is 25.8. The van der Waals surface area contributed by atoms with E-state index in [1.54, 1.807) is 31.2 Å². The molecular weight excluding hydrogens is 524 g/mol. The van der Waals surface area contributed by atoms with Crippen molar-refractivity contribution >= 4 is 34.1 Å². The summed E-state index contributed by atoms with van der Waals surface area (Å²) >= 11 is 3.48. The molecule has 0 heterocycles. The molecule has 0 aliphatic rings. The largest absolute Gasteiger partial charge is 0.488 e. The van der Waals surface area contributed by atoms with Gasteiger partial charge in [-0.25, -0.2) is 10.2 Å². The SMILES string of the molecule is CCOC(=O)N[C@H](CC(=O)N/N=C\c1ccc(OCc2ccccc2C#N)c(Br)c1)c1ccccc1. The van der Waals surface area contributed by atoms with Crippen molar-refractivity contribution in [1.29, 1.82) is 5.26 Å². The number of carbonyl (C=O) groups is 2. The van der Waals surface area contributed by atoms with Crippen LogP contribution >= 0.6 is 15.9 Å². The number of rotatable bonds is 10. The molecule has 3 aromatic rings. The molecule has 0 spiro atoms. The van der Waals surface area contributed by atoms with Gasteiger partial charge in [0.15, 0.2) is 0 Å². The zero-order valence-corrected chi connectivity index (χ0v) is 21.2. The molecular formula is C27H25BrN4O4. The number of nitrogens with one attached hydrogen (secondary N) is 2. The highest BCUT2D eigenvalue weighted by atomic mass is 79.9. The van der Waals surface area contributed by atoms with Crippen LogP contribution in [0.25, 0.3) is 0 Å². The Morgan fingerprint density at radius 2 is 1.86 bits per heavy atom. The molecule has 184 valence electrons. The molecule has 0 saturated heterocycles. The van der Waals surface area contributed by atoms with Crippen LogP contribution in [0.2, 0.25) is 0 Å². The Balaban J connectivity index is 1.57. The van der Waals surface area contributed by atoms with Crippen molar-refractivity contribution in [2.24, 2.45) is 5.10 Å². The van der Waals surface area contributed by atoms with E-state index in [2.05, 4.69) is 37.8 Å².